The Morgan fingerprint density at radius 2 is 1.42 bits per heavy atom. The van der Waals surface area contributed by atoms with Crippen LogP contribution in [0.2, 0.25) is 0 Å². The zero-order chi connectivity index (χ0) is 10.0. The summed E-state index contributed by atoms with van der Waals surface area (Å²) in [7, 11) is 0. The molecule has 0 aliphatic carbocycles. The molecule has 8 heteroatoms. The fourth-order valence-corrected chi connectivity index (χ4v) is 2.54. The van der Waals surface area contributed by atoms with Crippen LogP contribution in [0.1, 0.15) is 13.8 Å². The van der Waals surface area contributed by atoms with E-state index in [4.69, 9.17) is 3.44 Å². The van der Waals surface area contributed by atoms with E-state index in [0.717, 1.165) is 13.8 Å². The predicted octanol–water partition coefficient (Wildman–Crippen LogP) is -5.90. The third-order valence-corrected chi connectivity index (χ3v) is 3.19. The molecule has 0 atom stereocenters. The van der Waals surface area contributed by atoms with Crippen molar-refractivity contribution in [2.75, 3.05) is 0 Å². The predicted molar refractivity (Wildman–Crippen MR) is 25.8 cm³/mol. The number of rotatable bonds is 2. The summed E-state index contributed by atoms with van der Waals surface area (Å²) in [5, 5.41) is 0. The van der Waals surface area contributed by atoms with Crippen LogP contribution in [0, 0.1) is 0 Å². The summed E-state index contributed by atoms with van der Waals surface area (Å²) in [5.41, 5.74) is 0. The molecule has 0 aromatic heterocycles. The van der Waals surface area contributed by atoms with Crippen LogP contribution < -0.4 is 26.0 Å². The molecule has 72 valence electrons. The van der Waals surface area contributed by atoms with Crippen molar-refractivity contribution in [3.63, 3.8) is 0 Å². The Labute approximate surface area is 71.3 Å². The standard InChI is InChI=1S/C4H7IO7/c1-3(6)11-5(8,9,10)12-4(2)7/h8H,1-2H3. The molecule has 0 aliphatic heterocycles. The minimum absolute atomic E-state index is 0.747. The van der Waals surface area contributed by atoms with Gasteiger partial charge in [-0.1, -0.05) is 0 Å². The van der Waals surface area contributed by atoms with Crippen LogP contribution >= 0.6 is 0 Å². The summed E-state index contributed by atoms with van der Waals surface area (Å²) < 4.78 is 36.7. The van der Waals surface area contributed by atoms with Gasteiger partial charge in [0.1, 0.15) is 0 Å². The van der Waals surface area contributed by atoms with Crippen molar-refractivity contribution in [3.8, 4) is 0 Å². The Balaban J connectivity index is 4.49. The summed E-state index contributed by atoms with van der Waals surface area (Å²) in [6.07, 6.45) is 0. The molecular formula is C4H7IO7. The van der Waals surface area contributed by atoms with Gasteiger partial charge in [-0.25, -0.2) is 0 Å². The van der Waals surface area contributed by atoms with Crippen molar-refractivity contribution >= 4 is 11.9 Å². The summed E-state index contributed by atoms with van der Waals surface area (Å²) >= 11 is -7.09. The molecule has 1 N–H and O–H groups in total. The molecule has 0 aromatic carbocycles. The molecule has 0 amide bonds. The molecule has 0 saturated carbocycles. The number of hydrogen-bond acceptors (Lipinski definition) is 7. The summed E-state index contributed by atoms with van der Waals surface area (Å²) in [6.45, 7) is 1.49. The quantitative estimate of drug-likeness (QED) is 0.504. The SMILES string of the molecule is CC(=O)O[I+2]([O-])([O-])(O)OC(C)=O. The number of hydrogen-bond donors (Lipinski definition) is 1. The second-order valence-corrected chi connectivity index (χ2v) is 6.41. The maximum absolute atomic E-state index is 10.6. The van der Waals surface area contributed by atoms with Gasteiger partial charge < -0.3 is 0 Å². The van der Waals surface area contributed by atoms with Crippen LogP contribution in [0.5, 0.6) is 0 Å². The Kier molecular flexibility index (Phi) is 3.01. The van der Waals surface area contributed by atoms with Gasteiger partial charge in [-0.05, 0) is 0 Å². The zero-order valence-corrected chi connectivity index (χ0v) is 8.43. The van der Waals surface area contributed by atoms with Crippen molar-refractivity contribution in [2.24, 2.45) is 0 Å². The number of halogens is 1. The van der Waals surface area contributed by atoms with E-state index < -0.39 is 31.1 Å². The molecule has 0 fully saturated rings. The molecule has 0 heterocycles. The first kappa shape index (κ1) is 11.6. The van der Waals surface area contributed by atoms with Gasteiger partial charge in [0.15, 0.2) is 0 Å². The molecule has 0 rings (SSSR count). The van der Waals surface area contributed by atoms with Crippen LogP contribution in [0.3, 0.4) is 0 Å². The summed E-state index contributed by atoms with van der Waals surface area (Å²) in [5.74, 6) is -2.56. The van der Waals surface area contributed by atoms with Crippen molar-refractivity contribution < 1.29 is 45.2 Å². The summed E-state index contributed by atoms with van der Waals surface area (Å²) in [6, 6.07) is 0. The first-order valence-electron chi connectivity index (χ1n) is 2.60. The number of carbonyl (C=O) groups is 2. The Hall–Kier alpha value is -0.450. The van der Waals surface area contributed by atoms with E-state index in [9.17, 15) is 16.5 Å². The first-order chi connectivity index (χ1) is 5.10. The molecule has 0 radical (unpaired) electrons. The summed E-state index contributed by atoms with van der Waals surface area (Å²) in [4.78, 5) is 20.2. The topological polar surface area (TPSA) is 119 Å². The van der Waals surface area contributed by atoms with E-state index in [0.29, 0.717) is 0 Å². The van der Waals surface area contributed by atoms with Crippen LogP contribution in [0.25, 0.3) is 0 Å². The van der Waals surface area contributed by atoms with E-state index in [1.165, 1.54) is 0 Å². The van der Waals surface area contributed by atoms with E-state index in [-0.39, 0.29) is 0 Å². The monoisotopic (exact) mass is 294 g/mol. The molecule has 0 spiro atoms. The van der Waals surface area contributed by atoms with Gasteiger partial charge in [-0.15, -0.1) is 0 Å². The third-order valence-electron chi connectivity index (χ3n) is 0.475. The second kappa shape index (κ2) is 3.12. The average Bonchev–Trinajstić information content (AvgIpc) is 1.49. The fraction of sp³-hybridized carbons (Fsp3) is 0.500. The Morgan fingerprint density at radius 3 is 1.58 bits per heavy atom. The van der Waals surface area contributed by atoms with E-state index >= 15 is 0 Å². The van der Waals surface area contributed by atoms with Crippen molar-refractivity contribution in [1.82, 2.24) is 0 Å². The third kappa shape index (κ3) is 5.23. The Morgan fingerprint density at radius 1 is 1.17 bits per heavy atom. The van der Waals surface area contributed by atoms with E-state index in [2.05, 4.69) is 6.13 Å². The second-order valence-electron chi connectivity index (χ2n) is 1.79. The maximum atomic E-state index is 10.6. The molecule has 0 unspecified atom stereocenters. The van der Waals surface area contributed by atoms with Crippen molar-refractivity contribution in [2.45, 2.75) is 13.8 Å². The fourth-order valence-electron chi connectivity index (χ4n) is 0.379. The molecular weight excluding hydrogens is 287 g/mol. The van der Waals surface area contributed by atoms with Crippen LogP contribution in [-0.4, -0.2) is 15.4 Å². The Bertz CT molecular complexity index is 193. The van der Waals surface area contributed by atoms with Gasteiger partial charge in [0, 0.05) is 0 Å². The van der Waals surface area contributed by atoms with Crippen LogP contribution in [0.4, 0.5) is 0 Å². The van der Waals surface area contributed by atoms with Crippen LogP contribution in [-0.2, 0) is 15.7 Å². The minimum atomic E-state index is -7.09. The normalized spacial score (nSPS) is 14.2. The van der Waals surface area contributed by atoms with E-state index in [1.54, 1.807) is 0 Å². The molecule has 0 aromatic rings. The number of carbonyl (C=O) groups excluding carboxylic acids is 2. The van der Waals surface area contributed by atoms with Gasteiger partial charge in [0.25, 0.3) is 0 Å². The van der Waals surface area contributed by atoms with Gasteiger partial charge >= 0.3 is 70.9 Å². The first-order valence-corrected chi connectivity index (χ1v) is 7.09. The molecule has 7 nitrogen and oxygen atoms in total. The van der Waals surface area contributed by atoms with Crippen LogP contribution in [0.15, 0.2) is 0 Å². The molecule has 0 bridgehead atoms. The van der Waals surface area contributed by atoms with Gasteiger partial charge in [-0.2, -0.15) is 0 Å². The van der Waals surface area contributed by atoms with Gasteiger partial charge in [0.2, 0.25) is 0 Å². The van der Waals surface area contributed by atoms with Gasteiger partial charge in [-0.3, -0.25) is 0 Å². The van der Waals surface area contributed by atoms with Gasteiger partial charge in [0.05, 0.1) is 0 Å². The van der Waals surface area contributed by atoms with Crippen molar-refractivity contribution in [1.29, 1.82) is 0 Å². The zero-order valence-electron chi connectivity index (χ0n) is 6.27. The molecule has 0 saturated heterocycles. The van der Waals surface area contributed by atoms with E-state index in [1.807, 2.05) is 0 Å². The molecule has 12 heavy (non-hydrogen) atoms. The van der Waals surface area contributed by atoms with Crippen molar-refractivity contribution in [3.05, 3.63) is 0 Å². The molecule has 0 aliphatic rings. The average molecular weight is 294 g/mol.